The molecule has 2 rings (SSSR count). The minimum Gasteiger partial charge on any atom is -0.768 e. The first-order valence-electron chi connectivity index (χ1n) is 7.36. The van der Waals surface area contributed by atoms with Gasteiger partial charge in [-0.05, 0) is 66.0 Å². The van der Waals surface area contributed by atoms with Gasteiger partial charge in [0.1, 0.15) is 5.75 Å². The van der Waals surface area contributed by atoms with Crippen LogP contribution in [0, 0.1) is 11.6 Å². The van der Waals surface area contributed by atoms with Gasteiger partial charge in [-0.2, -0.15) is 4.99 Å². The van der Waals surface area contributed by atoms with E-state index >= 15 is 0 Å². The van der Waals surface area contributed by atoms with Crippen molar-refractivity contribution >= 4 is 29.0 Å². The first-order valence-corrected chi connectivity index (χ1v) is 8.43. The van der Waals surface area contributed by atoms with E-state index in [2.05, 4.69) is 4.99 Å². The van der Waals surface area contributed by atoms with Crippen LogP contribution in [0.15, 0.2) is 51.9 Å². The van der Waals surface area contributed by atoms with Gasteiger partial charge in [-0.1, -0.05) is 0 Å². The molecule has 7 nitrogen and oxygen atoms in total. The van der Waals surface area contributed by atoms with E-state index in [0.717, 1.165) is 12.1 Å². The normalized spacial score (nSPS) is 12.4. The molecule has 0 radical (unpaired) electrons. The molecular weight excluding hydrogens is 380 g/mol. The number of hydrogen-bond acceptors (Lipinski definition) is 4. The summed E-state index contributed by atoms with van der Waals surface area (Å²) in [5.41, 5.74) is 10.3. The zero-order valence-corrected chi connectivity index (χ0v) is 14.8. The van der Waals surface area contributed by atoms with Crippen molar-refractivity contribution in [2.45, 2.75) is 11.8 Å². The summed E-state index contributed by atoms with van der Waals surface area (Å²) < 4.78 is 55.2. The summed E-state index contributed by atoms with van der Waals surface area (Å²) >= 11 is -2.42. The number of guanidine groups is 1. The quantitative estimate of drug-likeness (QED) is 0.346. The van der Waals surface area contributed by atoms with E-state index in [9.17, 15) is 22.3 Å². The van der Waals surface area contributed by atoms with E-state index in [0.29, 0.717) is 0 Å². The van der Waals surface area contributed by atoms with E-state index in [1.807, 2.05) is 0 Å². The van der Waals surface area contributed by atoms with Crippen molar-refractivity contribution in [1.29, 1.82) is 0 Å². The van der Waals surface area contributed by atoms with Crippen molar-refractivity contribution in [1.82, 2.24) is 0 Å². The second-order valence-electron chi connectivity index (χ2n) is 5.29. The van der Waals surface area contributed by atoms with Crippen LogP contribution in [0.1, 0.15) is 12.5 Å². The number of nitrogens with zero attached hydrogens (tertiary/aromatic N) is 1. The molecule has 0 aliphatic rings. The second-order valence-corrected chi connectivity index (χ2v) is 6.23. The molecule has 0 saturated heterocycles. The van der Waals surface area contributed by atoms with Crippen molar-refractivity contribution in [3.05, 3.63) is 59.2 Å². The Morgan fingerprint density at radius 2 is 1.74 bits per heavy atom. The van der Waals surface area contributed by atoms with Crippen LogP contribution < -0.4 is 16.2 Å². The Morgan fingerprint density at radius 3 is 2.22 bits per heavy atom. The first-order chi connectivity index (χ1) is 12.7. The van der Waals surface area contributed by atoms with Crippen molar-refractivity contribution in [3.63, 3.8) is 0 Å². The lowest BCUT2D eigenvalue weighted by molar-refractivity contribution is -0.114. The number of carbonyl (C=O) groups excluding carboxylic acids is 1. The molecule has 0 aromatic heterocycles. The van der Waals surface area contributed by atoms with Crippen LogP contribution in [-0.4, -0.2) is 20.6 Å². The van der Waals surface area contributed by atoms with Crippen LogP contribution in [0.25, 0.3) is 6.08 Å². The largest absolute Gasteiger partial charge is 0.768 e. The Hall–Kier alpha value is -3.11. The Morgan fingerprint density at radius 1 is 1.19 bits per heavy atom. The number of carbonyl (C=O) groups is 1. The van der Waals surface area contributed by atoms with Gasteiger partial charge in [0.15, 0.2) is 23.3 Å². The topological polar surface area (TPSA) is 131 Å². The van der Waals surface area contributed by atoms with E-state index < -0.39 is 40.3 Å². The zero-order valence-electron chi connectivity index (χ0n) is 13.9. The highest BCUT2D eigenvalue weighted by molar-refractivity contribution is 7.79. The summed E-state index contributed by atoms with van der Waals surface area (Å²) in [7, 11) is 0. The van der Waals surface area contributed by atoms with Crippen molar-refractivity contribution in [2.75, 3.05) is 0 Å². The summed E-state index contributed by atoms with van der Waals surface area (Å²) in [4.78, 5) is 15.0. The molecule has 2 aromatic rings. The molecule has 0 heterocycles. The Kier molecular flexibility index (Phi) is 6.37. The predicted molar refractivity (Wildman–Crippen MR) is 94.5 cm³/mol. The lowest BCUT2D eigenvalue weighted by Gasteiger charge is -2.10. The van der Waals surface area contributed by atoms with Crippen molar-refractivity contribution < 1.29 is 27.1 Å². The third-order valence-corrected chi connectivity index (χ3v) is 3.86. The molecule has 0 fully saturated rings. The van der Waals surface area contributed by atoms with Crippen LogP contribution in [0.4, 0.5) is 8.78 Å². The summed E-state index contributed by atoms with van der Waals surface area (Å²) in [6.07, 6.45) is 1.21. The lowest BCUT2D eigenvalue weighted by atomic mass is 10.1. The van der Waals surface area contributed by atoms with E-state index in [1.54, 1.807) is 0 Å². The Bertz CT molecular complexity index is 932. The number of nitrogens with two attached hydrogens (primary N) is 2. The highest BCUT2D eigenvalue weighted by atomic mass is 32.2. The molecule has 1 atom stereocenters. The van der Waals surface area contributed by atoms with Gasteiger partial charge in [0.05, 0.1) is 0 Å². The van der Waals surface area contributed by atoms with Gasteiger partial charge in [0, 0.05) is 10.5 Å². The van der Waals surface area contributed by atoms with Crippen molar-refractivity contribution in [2.24, 2.45) is 16.5 Å². The molecule has 0 spiro atoms. The van der Waals surface area contributed by atoms with Crippen LogP contribution in [0.2, 0.25) is 0 Å². The molecule has 0 bridgehead atoms. The minimum absolute atomic E-state index is 0.00435. The Labute approximate surface area is 155 Å². The van der Waals surface area contributed by atoms with Crippen molar-refractivity contribution in [3.8, 4) is 11.5 Å². The zero-order chi connectivity index (χ0) is 20.1. The molecule has 4 N–H and O–H groups in total. The first kappa shape index (κ1) is 20.2. The fraction of sp³-hybridized carbons (Fsp3) is 0.0588. The van der Waals surface area contributed by atoms with E-state index in [1.165, 1.54) is 37.3 Å². The molecule has 10 heteroatoms. The summed E-state index contributed by atoms with van der Waals surface area (Å²) in [5, 5.41) is 0. The van der Waals surface area contributed by atoms with Gasteiger partial charge >= 0.3 is 0 Å². The monoisotopic (exact) mass is 394 g/mol. The fourth-order valence-corrected chi connectivity index (χ4v) is 2.37. The number of halogens is 2. The molecule has 1 amide bonds. The number of aliphatic imine (C=N–C) groups is 1. The lowest BCUT2D eigenvalue weighted by Crippen LogP contribution is -2.24. The minimum atomic E-state index is -2.42. The van der Waals surface area contributed by atoms with Crippen LogP contribution in [0.3, 0.4) is 0 Å². The molecule has 1 unspecified atom stereocenters. The van der Waals surface area contributed by atoms with Gasteiger partial charge in [0.2, 0.25) is 0 Å². The average Bonchev–Trinajstić information content (AvgIpc) is 2.58. The van der Waals surface area contributed by atoms with Gasteiger partial charge in [-0.3, -0.25) is 9.00 Å². The van der Waals surface area contributed by atoms with Gasteiger partial charge in [0.25, 0.3) is 5.91 Å². The molecule has 0 aliphatic heterocycles. The number of rotatable bonds is 5. The van der Waals surface area contributed by atoms with E-state index in [4.69, 9.17) is 16.2 Å². The SMILES string of the molecule is C/C(=C\c1cc(F)c(Oc2ccc(S(=O)[O-])cc2)c(F)c1)C(=O)N=C(N)N. The maximum absolute atomic E-state index is 14.2. The maximum atomic E-state index is 14.2. The highest BCUT2D eigenvalue weighted by Gasteiger charge is 2.14. The van der Waals surface area contributed by atoms with Gasteiger partial charge < -0.3 is 20.8 Å². The highest BCUT2D eigenvalue weighted by Crippen LogP contribution is 2.29. The molecule has 0 saturated carbocycles. The number of hydrogen-bond donors (Lipinski definition) is 2. The molecule has 2 aromatic carbocycles. The molecular formula is C17H14F2N3O4S-. The number of ether oxygens (including phenoxy) is 1. The van der Waals surface area contributed by atoms with Crippen LogP contribution in [0.5, 0.6) is 11.5 Å². The molecule has 27 heavy (non-hydrogen) atoms. The third kappa shape index (κ3) is 5.43. The molecule has 0 aliphatic carbocycles. The van der Waals surface area contributed by atoms with Gasteiger partial charge in [-0.25, -0.2) is 8.78 Å². The number of amides is 1. The van der Waals surface area contributed by atoms with Crippen LogP contribution >= 0.6 is 0 Å². The average molecular weight is 394 g/mol. The van der Waals surface area contributed by atoms with Crippen LogP contribution in [-0.2, 0) is 15.9 Å². The smallest absolute Gasteiger partial charge is 0.275 e. The van der Waals surface area contributed by atoms with E-state index in [-0.39, 0.29) is 21.8 Å². The maximum Gasteiger partial charge on any atom is 0.275 e. The molecule has 142 valence electrons. The second kappa shape index (κ2) is 8.52. The summed E-state index contributed by atoms with van der Waals surface area (Å²) in [6.45, 7) is 1.39. The number of benzene rings is 2. The summed E-state index contributed by atoms with van der Waals surface area (Å²) in [6, 6.07) is 6.90. The predicted octanol–water partition coefficient (Wildman–Crippen LogP) is 2.20. The summed E-state index contributed by atoms with van der Waals surface area (Å²) in [5.74, 6) is -3.83. The fourth-order valence-electron chi connectivity index (χ4n) is 2.01. The Balaban J connectivity index is 2.27. The van der Waals surface area contributed by atoms with Gasteiger partial charge in [-0.15, -0.1) is 0 Å². The standard InChI is InChI=1S/C17H15F2N3O4S/c1-9(16(23)22-17(20)21)6-10-7-13(18)15(14(19)8-10)26-11-2-4-12(5-3-11)27(24)25/h2-8H,1H3,(H,24,25)(H4,20,21,22,23)/p-1/b9-6+. The third-order valence-electron chi connectivity index (χ3n) is 3.21.